The van der Waals surface area contributed by atoms with Gasteiger partial charge >= 0.3 is 0 Å². The first kappa shape index (κ1) is 20.8. The molecule has 2 N–H and O–H groups in total. The van der Waals surface area contributed by atoms with Crippen LogP contribution in [0.15, 0.2) is 66.7 Å². The molecule has 0 spiro atoms. The molecule has 156 valence electrons. The van der Waals surface area contributed by atoms with Gasteiger partial charge in [-0.25, -0.2) is 9.37 Å². The molecular formula is C22H15Cl2FN4O2. The summed E-state index contributed by atoms with van der Waals surface area (Å²) in [6.07, 6.45) is 0. The Labute approximate surface area is 187 Å². The standard InChI is InChI=1S/C22H15Cl2FN4O2/c23-12-20(30)28-22-27-19-4-2-1-3-16(19)21(29-22)31-15-8-5-13(6-9-15)26-14-7-10-18(25)17(24)11-14/h1-11,26H,12H2,(H,27,28,29,30). The Kier molecular flexibility index (Phi) is 6.16. The van der Waals surface area contributed by atoms with Crippen molar-refractivity contribution < 1.29 is 13.9 Å². The number of rotatable bonds is 6. The predicted molar refractivity (Wildman–Crippen MR) is 120 cm³/mol. The van der Waals surface area contributed by atoms with Crippen molar-refractivity contribution in [2.75, 3.05) is 16.5 Å². The lowest BCUT2D eigenvalue weighted by Gasteiger charge is -2.11. The zero-order valence-electron chi connectivity index (χ0n) is 15.9. The second-order valence-electron chi connectivity index (χ2n) is 6.43. The molecule has 4 rings (SSSR count). The molecule has 9 heteroatoms. The number of alkyl halides is 1. The van der Waals surface area contributed by atoms with Crippen LogP contribution < -0.4 is 15.4 Å². The number of aromatic nitrogens is 2. The minimum atomic E-state index is -0.477. The van der Waals surface area contributed by atoms with Crippen molar-refractivity contribution >= 4 is 57.3 Å². The molecule has 31 heavy (non-hydrogen) atoms. The highest BCUT2D eigenvalue weighted by atomic mass is 35.5. The molecule has 6 nitrogen and oxygen atoms in total. The summed E-state index contributed by atoms with van der Waals surface area (Å²) in [5.74, 6) is -0.178. The van der Waals surface area contributed by atoms with Gasteiger partial charge in [0.1, 0.15) is 17.4 Å². The number of nitrogens with zero attached hydrogens (tertiary/aromatic N) is 2. The summed E-state index contributed by atoms with van der Waals surface area (Å²) in [5, 5.41) is 6.40. The third kappa shape index (κ3) is 5.02. The molecule has 0 atom stereocenters. The first-order valence-electron chi connectivity index (χ1n) is 9.14. The van der Waals surface area contributed by atoms with Crippen LogP contribution in [0.5, 0.6) is 11.6 Å². The van der Waals surface area contributed by atoms with Gasteiger partial charge < -0.3 is 10.1 Å². The Morgan fingerprint density at radius 2 is 1.74 bits per heavy atom. The lowest BCUT2D eigenvalue weighted by Crippen LogP contribution is -2.15. The smallest absolute Gasteiger partial charge is 0.241 e. The lowest BCUT2D eigenvalue weighted by atomic mass is 10.2. The number of fused-ring (bicyclic) bond motifs is 1. The number of amides is 1. The number of halogens is 3. The average Bonchev–Trinajstić information content (AvgIpc) is 2.77. The van der Waals surface area contributed by atoms with E-state index in [1.54, 1.807) is 36.4 Å². The molecule has 0 aliphatic rings. The molecule has 3 aromatic carbocycles. The highest BCUT2D eigenvalue weighted by molar-refractivity contribution is 6.31. The van der Waals surface area contributed by atoms with E-state index in [1.807, 2.05) is 18.2 Å². The Morgan fingerprint density at radius 1 is 1.00 bits per heavy atom. The zero-order chi connectivity index (χ0) is 21.8. The van der Waals surface area contributed by atoms with Gasteiger partial charge in [-0.15, -0.1) is 11.6 Å². The molecule has 0 fully saturated rings. The molecule has 1 amide bonds. The molecule has 0 unspecified atom stereocenters. The van der Waals surface area contributed by atoms with Crippen LogP contribution in [0.1, 0.15) is 0 Å². The maximum atomic E-state index is 13.3. The van der Waals surface area contributed by atoms with E-state index in [4.69, 9.17) is 27.9 Å². The van der Waals surface area contributed by atoms with Gasteiger partial charge in [0.2, 0.25) is 17.7 Å². The summed E-state index contributed by atoms with van der Waals surface area (Å²) in [5.41, 5.74) is 2.03. The van der Waals surface area contributed by atoms with E-state index in [0.717, 1.165) is 5.69 Å². The van der Waals surface area contributed by atoms with Crippen LogP contribution in [0.3, 0.4) is 0 Å². The van der Waals surface area contributed by atoms with Crippen LogP contribution in [0.25, 0.3) is 10.9 Å². The molecule has 1 aromatic heterocycles. The summed E-state index contributed by atoms with van der Waals surface area (Å²) in [7, 11) is 0. The van der Waals surface area contributed by atoms with E-state index >= 15 is 0 Å². The summed E-state index contributed by atoms with van der Waals surface area (Å²) in [6.45, 7) is 0. The number of nitrogens with one attached hydrogen (secondary N) is 2. The fourth-order valence-corrected chi connectivity index (χ4v) is 3.05. The topological polar surface area (TPSA) is 76.1 Å². The second kappa shape index (κ2) is 9.16. The molecule has 0 aliphatic heterocycles. The van der Waals surface area contributed by atoms with Crippen molar-refractivity contribution in [3.05, 3.63) is 77.6 Å². The Balaban J connectivity index is 1.57. The van der Waals surface area contributed by atoms with E-state index in [1.165, 1.54) is 12.1 Å². The second-order valence-corrected chi connectivity index (χ2v) is 7.11. The van der Waals surface area contributed by atoms with Gasteiger partial charge in [0.15, 0.2) is 0 Å². The van der Waals surface area contributed by atoms with Gasteiger partial charge in [-0.1, -0.05) is 23.7 Å². The SMILES string of the molecule is O=C(CCl)Nc1nc(Oc2ccc(Nc3ccc(F)c(Cl)c3)cc2)c2ccccc2n1. The average molecular weight is 457 g/mol. The Bertz CT molecular complexity index is 1250. The molecule has 0 aliphatic carbocycles. The third-order valence-corrected chi connectivity index (χ3v) is 4.75. The number of para-hydroxylation sites is 1. The Morgan fingerprint density at radius 3 is 2.48 bits per heavy atom. The maximum absolute atomic E-state index is 13.3. The number of hydrogen-bond acceptors (Lipinski definition) is 5. The molecule has 0 saturated heterocycles. The summed E-state index contributed by atoms with van der Waals surface area (Å²) < 4.78 is 19.3. The highest BCUT2D eigenvalue weighted by Gasteiger charge is 2.12. The fourth-order valence-electron chi connectivity index (χ4n) is 2.80. The Hall–Kier alpha value is -3.42. The summed E-state index contributed by atoms with van der Waals surface area (Å²) in [6, 6.07) is 18.8. The number of hydrogen-bond donors (Lipinski definition) is 2. The number of carbonyl (C=O) groups excluding carboxylic acids is 1. The van der Waals surface area contributed by atoms with Crippen molar-refractivity contribution in [1.29, 1.82) is 0 Å². The molecule has 0 radical (unpaired) electrons. The first-order chi connectivity index (χ1) is 15.0. The van der Waals surface area contributed by atoms with Crippen molar-refractivity contribution in [2.45, 2.75) is 0 Å². The van der Waals surface area contributed by atoms with Crippen LogP contribution in [0.4, 0.5) is 21.7 Å². The van der Waals surface area contributed by atoms with E-state index in [2.05, 4.69) is 20.6 Å². The first-order valence-corrected chi connectivity index (χ1v) is 10.1. The van der Waals surface area contributed by atoms with Gasteiger partial charge in [0, 0.05) is 11.4 Å². The number of anilines is 3. The van der Waals surface area contributed by atoms with Gasteiger partial charge in [-0.2, -0.15) is 4.98 Å². The fraction of sp³-hybridized carbons (Fsp3) is 0.0455. The van der Waals surface area contributed by atoms with E-state index in [0.29, 0.717) is 28.2 Å². The van der Waals surface area contributed by atoms with Crippen LogP contribution >= 0.6 is 23.2 Å². The van der Waals surface area contributed by atoms with Crippen molar-refractivity contribution in [3.8, 4) is 11.6 Å². The monoisotopic (exact) mass is 456 g/mol. The van der Waals surface area contributed by atoms with Crippen molar-refractivity contribution in [1.82, 2.24) is 9.97 Å². The van der Waals surface area contributed by atoms with Crippen LogP contribution in [0.2, 0.25) is 5.02 Å². The summed E-state index contributed by atoms with van der Waals surface area (Å²) in [4.78, 5) is 20.2. The van der Waals surface area contributed by atoms with E-state index < -0.39 is 11.7 Å². The molecule has 0 saturated carbocycles. The quantitative estimate of drug-likeness (QED) is 0.341. The molecule has 0 bridgehead atoms. The number of carbonyl (C=O) groups is 1. The molecular weight excluding hydrogens is 442 g/mol. The van der Waals surface area contributed by atoms with Crippen molar-refractivity contribution in [3.63, 3.8) is 0 Å². The predicted octanol–water partition coefficient (Wildman–Crippen LogP) is 6.14. The normalized spacial score (nSPS) is 10.7. The number of ether oxygens (including phenoxy) is 1. The lowest BCUT2D eigenvalue weighted by molar-refractivity contribution is -0.114. The summed E-state index contributed by atoms with van der Waals surface area (Å²) >= 11 is 11.4. The minimum Gasteiger partial charge on any atom is -0.438 e. The van der Waals surface area contributed by atoms with Gasteiger partial charge in [0.05, 0.1) is 15.9 Å². The largest absolute Gasteiger partial charge is 0.438 e. The van der Waals surface area contributed by atoms with Gasteiger partial charge in [-0.3, -0.25) is 10.1 Å². The van der Waals surface area contributed by atoms with Crippen LogP contribution in [0, 0.1) is 5.82 Å². The van der Waals surface area contributed by atoms with Crippen LogP contribution in [-0.4, -0.2) is 21.8 Å². The van der Waals surface area contributed by atoms with E-state index in [9.17, 15) is 9.18 Å². The third-order valence-electron chi connectivity index (χ3n) is 4.22. The van der Waals surface area contributed by atoms with E-state index in [-0.39, 0.29) is 16.9 Å². The molecule has 1 heterocycles. The van der Waals surface area contributed by atoms with Crippen LogP contribution in [-0.2, 0) is 4.79 Å². The zero-order valence-corrected chi connectivity index (χ0v) is 17.4. The van der Waals surface area contributed by atoms with Crippen molar-refractivity contribution in [2.24, 2.45) is 0 Å². The maximum Gasteiger partial charge on any atom is 0.241 e. The van der Waals surface area contributed by atoms with Gasteiger partial charge in [0.25, 0.3) is 0 Å². The highest BCUT2D eigenvalue weighted by Crippen LogP contribution is 2.30. The minimum absolute atomic E-state index is 0.0395. The van der Waals surface area contributed by atoms with Gasteiger partial charge in [-0.05, 0) is 54.6 Å². The number of benzene rings is 3. The molecule has 4 aromatic rings.